The van der Waals surface area contributed by atoms with Crippen LogP contribution in [0.2, 0.25) is 0 Å². The van der Waals surface area contributed by atoms with Crippen LogP contribution in [-0.2, 0) is 5.41 Å². The molecule has 0 bridgehead atoms. The van der Waals surface area contributed by atoms with E-state index in [0.717, 1.165) is 0 Å². The Morgan fingerprint density at radius 2 is 1.10 bits per heavy atom. The smallest absolute Gasteiger partial charge is 0.0622 e. The van der Waals surface area contributed by atoms with E-state index in [4.69, 9.17) is 0 Å². The molecule has 0 aromatic heterocycles. The maximum Gasteiger partial charge on any atom is 0.0719 e. The molecule has 1 radical (unpaired) electrons. The van der Waals surface area contributed by atoms with Crippen LogP contribution in [0.5, 0.6) is 0 Å². The van der Waals surface area contributed by atoms with Gasteiger partial charge in [0, 0.05) is 0 Å². The van der Waals surface area contributed by atoms with Crippen molar-refractivity contribution < 1.29 is 0 Å². The van der Waals surface area contributed by atoms with Gasteiger partial charge in [0.05, 0.1) is 5.41 Å². The number of hydrogen-bond donors (Lipinski definition) is 0. The molecule has 31 heavy (non-hydrogen) atoms. The summed E-state index contributed by atoms with van der Waals surface area (Å²) in [6.07, 6.45) is 0. The number of benzene rings is 5. The molecule has 0 saturated carbocycles. The molecule has 0 nitrogen and oxygen atoms in total. The minimum atomic E-state index is -0.390. The fraction of sp³-hybridized carbons (Fsp3) is 0.0323. The lowest BCUT2D eigenvalue weighted by Crippen LogP contribution is -2.28. The number of hydrogen-bond acceptors (Lipinski definition) is 0. The third-order valence-electron chi connectivity index (χ3n) is 6.47. The van der Waals surface area contributed by atoms with Crippen molar-refractivity contribution in [3.63, 3.8) is 0 Å². The molecule has 1 aliphatic rings. The van der Waals surface area contributed by atoms with Crippen molar-refractivity contribution in [2.45, 2.75) is 5.41 Å². The third kappa shape index (κ3) is 2.62. The minimum Gasteiger partial charge on any atom is -0.0622 e. The maximum absolute atomic E-state index is 3.64. The lowest BCUT2D eigenvalue weighted by atomic mass is 9.67. The summed E-state index contributed by atoms with van der Waals surface area (Å²) in [5.74, 6) is 0. The standard InChI is InChI=1S/C31H21/c1-4-12-23(13-5-1)24-20-21-28-27-18-10-11-19-29(27)31(30(28)22-24,25-14-6-2-7-15-25)26-16-8-3-9-17-26/h1-18,20-22H. The summed E-state index contributed by atoms with van der Waals surface area (Å²) in [4.78, 5) is 0. The molecule has 5 aromatic carbocycles. The van der Waals surface area contributed by atoms with E-state index in [-0.39, 0.29) is 5.41 Å². The van der Waals surface area contributed by atoms with Gasteiger partial charge in [-0.1, -0.05) is 121 Å². The van der Waals surface area contributed by atoms with Gasteiger partial charge in [0.25, 0.3) is 0 Å². The second-order valence-corrected chi connectivity index (χ2v) is 8.07. The molecule has 0 N–H and O–H groups in total. The van der Waals surface area contributed by atoms with E-state index >= 15 is 0 Å². The van der Waals surface area contributed by atoms with Gasteiger partial charge in [-0.15, -0.1) is 0 Å². The highest BCUT2D eigenvalue weighted by molar-refractivity contribution is 5.88. The van der Waals surface area contributed by atoms with Gasteiger partial charge in [0.2, 0.25) is 0 Å². The second kappa shape index (κ2) is 7.11. The van der Waals surface area contributed by atoms with Crippen LogP contribution in [0.25, 0.3) is 22.3 Å². The normalized spacial score (nSPS) is 13.4. The molecule has 0 saturated heterocycles. The zero-order valence-corrected chi connectivity index (χ0v) is 17.1. The summed E-state index contributed by atoms with van der Waals surface area (Å²) in [6, 6.07) is 49.3. The van der Waals surface area contributed by atoms with Crippen LogP contribution in [0.15, 0.2) is 127 Å². The molecule has 5 aromatic rings. The molecule has 0 atom stereocenters. The van der Waals surface area contributed by atoms with Crippen molar-refractivity contribution in [2.24, 2.45) is 0 Å². The minimum absolute atomic E-state index is 0.390. The average molecular weight is 394 g/mol. The van der Waals surface area contributed by atoms with Crippen LogP contribution in [0, 0.1) is 6.07 Å². The lowest BCUT2D eigenvalue weighted by Gasteiger charge is -2.33. The molecule has 1 aliphatic carbocycles. The molecule has 6 rings (SSSR count). The fourth-order valence-electron chi connectivity index (χ4n) is 5.15. The first-order valence-electron chi connectivity index (χ1n) is 10.7. The lowest BCUT2D eigenvalue weighted by molar-refractivity contribution is 0.767. The van der Waals surface area contributed by atoms with Crippen LogP contribution in [0.1, 0.15) is 22.3 Å². The summed E-state index contributed by atoms with van der Waals surface area (Å²) in [6.45, 7) is 0. The summed E-state index contributed by atoms with van der Waals surface area (Å²) in [7, 11) is 0. The maximum atomic E-state index is 3.64. The van der Waals surface area contributed by atoms with Gasteiger partial charge in [0.15, 0.2) is 0 Å². The van der Waals surface area contributed by atoms with Gasteiger partial charge in [0.1, 0.15) is 0 Å². The highest BCUT2D eigenvalue weighted by Gasteiger charge is 2.46. The zero-order chi connectivity index (χ0) is 20.7. The van der Waals surface area contributed by atoms with E-state index in [1.807, 2.05) is 6.07 Å². The van der Waals surface area contributed by atoms with E-state index in [9.17, 15) is 0 Å². The van der Waals surface area contributed by atoms with Crippen LogP contribution in [0.4, 0.5) is 0 Å². The van der Waals surface area contributed by atoms with Crippen molar-refractivity contribution >= 4 is 0 Å². The largest absolute Gasteiger partial charge is 0.0719 e. The van der Waals surface area contributed by atoms with Crippen molar-refractivity contribution in [3.8, 4) is 22.3 Å². The SMILES string of the molecule is [c]1cccc2c1C(c1ccccc1)(c1ccccc1)c1cc(-c3ccccc3)ccc1-2. The molecular weight excluding hydrogens is 372 g/mol. The molecule has 0 fully saturated rings. The van der Waals surface area contributed by atoms with Crippen LogP contribution < -0.4 is 0 Å². The molecule has 0 unspecified atom stereocenters. The van der Waals surface area contributed by atoms with Crippen molar-refractivity contribution in [3.05, 3.63) is 156 Å². The van der Waals surface area contributed by atoms with Crippen LogP contribution in [-0.4, -0.2) is 0 Å². The summed E-state index contributed by atoms with van der Waals surface area (Å²) in [5.41, 5.74) is 9.74. The van der Waals surface area contributed by atoms with Gasteiger partial charge in [-0.05, 0) is 56.6 Å². The Morgan fingerprint density at radius 3 is 1.74 bits per heavy atom. The quantitative estimate of drug-likeness (QED) is 0.292. The second-order valence-electron chi connectivity index (χ2n) is 8.07. The summed E-state index contributed by atoms with van der Waals surface area (Å²) >= 11 is 0. The van der Waals surface area contributed by atoms with E-state index < -0.39 is 0 Å². The summed E-state index contributed by atoms with van der Waals surface area (Å²) < 4.78 is 0. The molecule has 0 aliphatic heterocycles. The van der Waals surface area contributed by atoms with Gasteiger partial charge in [-0.2, -0.15) is 0 Å². The zero-order valence-electron chi connectivity index (χ0n) is 17.1. The first-order valence-corrected chi connectivity index (χ1v) is 10.7. The Labute approximate surface area is 183 Å². The van der Waals surface area contributed by atoms with Crippen LogP contribution >= 0.6 is 0 Å². The van der Waals surface area contributed by atoms with E-state index in [2.05, 4.69) is 127 Å². The Balaban J connectivity index is 1.74. The van der Waals surface area contributed by atoms with Crippen molar-refractivity contribution in [1.82, 2.24) is 0 Å². The molecule has 0 amide bonds. The Morgan fingerprint density at radius 1 is 0.484 bits per heavy atom. The van der Waals surface area contributed by atoms with Gasteiger partial charge >= 0.3 is 0 Å². The topological polar surface area (TPSA) is 0 Å². The van der Waals surface area contributed by atoms with Gasteiger partial charge < -0.3 is 0 Å². The summed E-state index contributed by atoms with van der Waals surface area (Å²) in [5, 5.41) is 0. The van der Waals surface area contributed by atoms with Gasteiger partial charge in [-0.25, -0.2) is 0 Å². The monoisotopic (exact) mass is 393 g/mol. The van der Waals surface area contributed by atoms with Crippen molar-refractivity contribution in [2.75, 3.05) is 0 Å². The number of rotatable bonds is 3. The molecule has 0 heteroatoms. The first kappa shape index (κ1) is 17.9. The highest BCUT2D eigenvalue weighted by atomic mass is 14.5. The number of fused-ring (bicyclic) bond motifs is 3. The Bertz CT molecular complexity index is 1310. The van der Waals surface area contributed by atoms with Crippen molar-refractivity contribution in [1.29, 1.82) is 0 Å². The van der Waals surface area contributed by atoms with Crippen LogP contribution in [0.3, 0.4) is 0 Å². The first-order chi connectivity index (χ1) is 15.4. The van der Waals surface area contributed by atoms with E-state index in [1.54, 1.807) is 0 Å². The third-order valence-corrected chi connectivity index (χ3v) is 6.47. The fourth-order valence-corrected chi connectivity index (χ4v) is 5.15. The van der Waals surface area contributed by atoms with Gasteiger partial charge in [-0.3, -0.25) is 0 Å². The van der Waals surface area contributed by atoms with E-state index in [0.29, 0.717) is 0 Å². The average Bonchev–Trinajstić information content (AvgIpc) is 3.16. The predicted molar refractivity (Wildman–Crippen MR) is 128 cm³/mol. The molecule has 0 heterocycles. The van der Waals surface area contributed by atoms with E-state index in [1.165, 1.54) is 44.5 Å². The Kier molecular flexibility index (Phi) is 4.11. The Hall–Kier alpha value is -3.90. The highest BCUT2D eigenvalue weighted by Crippen LogP contribution is 2.56. The predicted octanol–water partition coefficient (Wildman–Crippen LogP) is 7.52. The molecular formula is C31H21. The molecule has 0 spiro atoms. The molecule has 145 valence electrons.